The molecule has 0 unspecified atom stereocenters. The molecule has 1 aliphatic rings. The average molecular weight is 346 g/mol. The molecule has 0 aromatic heterocycles. The molecular weight excluding hydrogens is 335 g/mol. The van der Waals surface area contributed by atoms with Crippen molar-refractivity contribution in [3.8, 4) is 0 Å². The molecule has 0 amide bonds. The van der Waals surface area contributed by atoms with Gasteiger partial charge < -0.3 is 11.7 Å². The van der Waals surface area contributed by atoms with E-state index in [4.69, 9.17) is 4.74 Å². The zero-order chi connectivity index (χ0) is 5.11. The van der Waals surface area contributed by atoms with Crippen LogP contribution in [0.4, 0.5) is 0 Å². The van der Waals surface area contributed by atoms with Crippen LogP contribution in [0.5, 0.6) is 0 Å². The standard InChI is InChI=1S/C6H11O.Cm/c1-2-7-5-6-3-4-6;/h6H,1-5H2;/q-1;. The van der Waals surface area contributed by atoms with E-state index in [2.05, 4.69) is 6.92 Å². The molecule has 0 aromatic carbocycles. The van der Waals surface area contributed by atoms with Crippen molar-refractivity contribution >= 4 is 0 Å². The molecule has 0 saturated heterocycles. The van der Waals surface area contributed by atoms with Gasteiger partial charge in [-0.3, -0.25) is 0 Å². The first-order valence-electron chi connectivity index (χ1n) is 2.80. The molecule has 0 bridgehead atoms. The Hall–Kier alpha value is -1.04. The van der Waals surface area contributed by atoms with E-state index in [1.54, 1.807) is 0 Å². The molecule has 0 aliphatic heterocycles. The van der Waals surface area contributed by atoms with E-state index in [9.17, 15) is 0 Å². The molecule has 1 fully saturated rings. The molecule has 0 heterocycles. The number of ether oxygens (including phenoxy) is 1. The number of hydrogen-bond donors (Lipinski definition) is 0. The molecule has 1 rings (SSSR count). The fourth-order valence-electron chi connectivity index (χ4n) is 0.535. The summed E-state index contributed by atoms with van der Waals surface area (Å²) in [5.74, 6) is 0.891. The third-order valence-electron chi connectivity index (χ3n) is 1.19. The first-order chi connectivity index (χ1) is 3.43. The van der Waals surface area contributed by atoms with Gasteiger partial charge in [0.05, 0.1) is 0 Å². The SMILES string of the molecule is [CH2-]COCC1CC1.[Cm]. The van der Waals surface area contributed by atoms with Gasteiger partial charge in [0.15, 0.2) is 0 Å². The van der Waals surface area contributed by atoms with Crippen LogP contribution in [-0.4, -0.2) is 13.2 Å². The summed E-state index contributed by atoms with van der Waals surface area (Å²) in [6.07, 6.45) is 2.75. The summed E-state index contributed by atoms with van der Waals surface area (Å²) in [7, 11) is 0. The van der Waals surface area contributed by atoms with Crippen molar-refractivity contribution < 1.29 is 4.74 Å². The molecule has 1 saturated carbocycles. The van der Waals surface area contributed by atoms with Crippen LogP contribution < -0.4 is 0 Å². The van der Waals surface area contributed by atoms with Crippen LogP contribution in [0.2, 0.25) is 0 Å². The van der Waals surface area contributed by atoms with Crippen LogP contribution in [0.1, 0.15) is 12.8 Å². The topological polar surface area (TPSA) is 9.23 Å². The molecule has 0 atom stereocenters. The summed E-state index contributed by atoms with van der Waals surface area (Å²) < 4.78 is 5.05. The Balaban J connectivity index is 0.000000490. The predicted octanol–water partition coefficient (Wildman–Crippen LogP) is 1.25. The molecule has 8 heavy (non-hydrogen) atoms. The molecule has 0 N–H and O–H groups in total. The Morgan fingerprint density at radius 1 is 1.50 bits per heavy atom. The van der Waals surface area contributed by atoms with E-state index >= 15 is 0 Å². The van der Waals surface area contributed by atoms with Crippen LogP contribution in [0.25, 0.3) is 0 Å². The molecule has 1 nitrogen and oxygen atoms in total. The smallest absolute Gasteiger partial charge is 0.0458 e. The minimum Gasteiger partial charge on any atom is -0.413 e. The van der Waals surface area contributed by atoms with E-state index in [0.717, 1.165) is 12.5 Å². The Morgan fingerprint density at radius 3 is 2.50 bits per heavy atom. The van der Waals surface area contributed by atoms with Gasteiger partial charge in [-0.15, -0.1) is 0 Å². The van der Waals surface area contributed by atoms with Crippen LogP contribution >= 0.6 is 0 Å². The summed E-state index contributed by atoms with van der Waals surface area (Å²) in [5.41, 5.74) is 0. The third kappa shape index (κ3) is 2.19. The largest absolute Gasteiger partial charge is 0.413 e. The van der Waals surface area contributed by atoms with Crippen molar-refractivity contribution in [2.24, 2.45) is 5.92 Å². The van der Waals surface area contributed by atoms with Crippen molar-refractivity contribution in [3.05, 3.63) is 6.92 Å². The van der Waals surface area contributed by atoms with Crippen molar-refractivity contribution in [1.82, 2.24) is 0 Å². The van der Waals surface area contributed by atoms with Crippen molar-refractivity contribution in [2.45, 2.75) is 12.8 Å². The summed E-state index contributed by atoms with van der Waals surface area (Å²) in [6.45, 7) is 5.15. The Bertz CT molecular complexity index is 52.5. The molecule has 2 heteroatoms. The van der Waals surface area contributed by atoms with Crippen LogP contribution in [0.15, 0.2) is 0 Å². The van der Waals surface area contributed by atoms with Crippen molar-refractivity contribution in [1.29, 1.82) is 0 Å². The normalized spacial score (nSPS) is 17.6. The Labute approximate surface area is 44.7 Å². The second-order valence-corrected chi connectivity index (χ2v) is 2.02. The first kappa shape index (κ1) is 6.96. The second-order valence-electron chi connectivity index (χ2n) is 2.02. The van der Waals surface area contributed by atoms with Gasteiger partial charge >= 0.3 is 0 Å². The number of rotatable bonds is 3. The monoisotopic (exact) mass is 342 g/mol. The molecule has 50 valence electrons. The fourth-order valence-corrected chi connectivity index (χ4v) is 0.535. The van der Waals surface area contributed by atoms with Crippen LogP contribution in [0.3, 0.4) is 0 Å². The molecule has 0 spiro atoms. The minimum absolute atomic E-state index is 0. The van der Waals surface area contributed by atoms with Gasteiger partial charge in [-0.1, -0.05) is 6.61 Å². The predicted molar refractivity (Wildman–Crippen MR) is 28.9 cm³/mol. The first-order valence-corrected chi connectivity index (χ1v) is 2.80. The summed E-state index contributed by atoms with van der Waals surface area (Å²) in [6, 6.07) is 0. The van der Waals surface area contributed by atoms with E-state index < -0.39 is 0 Å². The quantitative estimate of drug-likeness (QED) is 0.699. The maximum Gasteiger partial charge on any atom is 0.0458 e. The van der Waals surface area contributed by atoms with Crippen LogP contribution in [0, 0.1) is 12.8 Å². The summed E-state index contributed by atoms with van der Waals surface area (Å²) >= 11 is 0. The fraction of sp³-hybridized carbons (Fsp3) is 0.833. The van der Waals surface area contributed by atoms with Gasteiger partial charge in [0.2, 0.25) is 0 Å². The van der Waals surface area contributed by atoms with Gasteiger partial charge in [0, 0.05) is 6.61 Å². The molecule has 0 aromatic rings. The van der Waals surface area contributed by atoms with Gasteiger partial charge in [-0.25, -0.2) is 0 Å². The van der Waals surface area contributed by atoms with E-state index in [-0.39, 0.29) is 0 Å². The maximum atomic E-state index is 5.05. The van der Waals surface area contributed by atoms with Gasteiger partial charge in [-0.05, 0) is 18.8 Å². The van der Waals surface area contributed by atoms with Crippen molar-refractivity contribution in [2.75, 3.05) is 13.2 Å². The van der Waals surface area contributed by atoms with Gasteiger partial charge in [-0.2, -0.15) is 0 Å². The third-order valence-corrected chi connectivity index (χ3v) is 1.19. The van der Waals surface area contributed by atoms with Gasteiger partial charge in [0.1, 0.15) is 0 Å². The van der Waals surface area contributed by atoms with E-state index in [1.165, 1.54) is 12.8 Å². The van der Waals surface area contributed by atoms with Crippen LogP contribution in [-0.2, 0) is 4.74 Å². The molecule has 1 aliphatic carbocycles. The van der Waals surface area contributed by atoms with E-state index in [1.807, 2.05) is 0 Å². The summed E-state index contributed by atoms with van der Waals surface area (Å²) in [4.78, 5) is 0. The van der Waals surface area contributed by atoms with E-state index in [0.29, 0.717) is 6.61 Å². The Morgan fingerprint density at radius 2 is 2.12 bits per heavy atom. The molecule has 0 radical (unpaired) electrons. The minimum atomic E-state index is 0. The summed E-state index contributed by atoms with van der Waals surface area (Å²) in [5, 5.41) is 0. The van der Waals surface area contributed by atoms with Crippen molar-refractivity contribution in [3.63, 3.8) is 0 Å². The number of hydrogen-bond acceptors (Lipinski definition) is 1. The second kappa shape index (κ2) is 3.03. The molecular formula is C6H11CmO-. The zero-order valence-electron chi connectivity index (χ0n) is 4.87. The Kier molecular flexibility index (Phi) is 2.63. The zero-order valence-corrected chi connectivity index (χ0v) is 7.82. The average Bonchev–Trinajstić information content (AvgIpc) is 2.42. The van der Waals surface area contributed by atoms with Gasteiger partial charge in [0.25, 0.3) is 0 Å². The maximum absolute atomic E-state index is 5.05.